The number of anilines is 1. The Labute approximate surface area is 138 Å². The zero-order chi connectivity index (χ0) is 14.9. The highest BCUT2D eigenvalue weighted by molar-refractivity contribution is 8.01. The molecule has 0 aromatic carbocycles. The van der Waals surface area contributed by atoms with Crippen molar-refractivity contribution < 1.29 is 0 Å². The van der Waals surface area contributed by atoms with Gasteiger partial charge >= 0.3 is 0 Å². The zero-order valence-electron chi connectivity index (χ0n) is 11.3. The summed E-state index contributed by atoms with van der Waals surface area (Å²) in [7, 11) is 0. The molecule has 0 bridgehead atoms. The second-order valence-electron chi connectivity index (χ2n) is 4.60. The Morgan fingerprint density at radius 1 is 1.32 bits per heavy atom. The molecule has 0 fully saturated rings. The van der Waals surface area contributed by atoms with Gasteiger partial charge in [0, 0.05) is 29.5 Å². The molecule has 22 heavy (non-hydrogen) atoms. The Morgan fingerprint density at radius 2 is 2.27 bits per heavy atom. The summed E-state index contributed by atoms with van der Waals surface area (Å²) in [5, 5.41) is 17.9. The molecule has 112 valence electrons. The molecule has 0 aliphatic carbocycles. The second kappa shape index (κ2) is 5.86. The van der Waals surface area contributed by atoms with Gasteiger partial charge in [-0.2, -0.15) is 0 Å². The number of fused-ring (bicyclic) bond motifs is 1. The van der Waals surface area contributed by atoms with Crippen LogP contribution in [0.25, 0.3) is 11.4 Å². The van der Waals surface area contributed by atoms with Crippen molar-refractivity contribution in [1.82, 2.24) is 29.9 Å². The maximum atomic E-state index is 5.62. The number of nitrogens with two attached hydrogens (primary N) is 1. The molecule has 0 saturated heterocycles. The van der Waals surface area contributed by atoms with Crippen LogP contribution < -0.4 is 5.73 Å². The van der Waals surface area contributed by atoms with Gasteiger partial charge < -0.3 is 5.73 Å². The SMILES string of the molecule is Nc1nnc(SCC2CSc3nnc(-c4cccnc4)n32)s1. The van der Waals surface area contributed by atoms with Crippen molar-refractivity contribution in [2.24, 2.45) is 0 Å². The highest BCUT2D eigenvalue weighted by atomic mass is 32.2. The van der Waals surface area contributed by atoms with Crippen molar-refractivity contribution in [3.63, 3.8) is 0 Å². The Bertz CT molecular complexity index is 785. The number of nitrogen functional groups attached to an aromatic ring is 1. The number of hydrogen-bond donors (Lipinski definition) is 1. The minimum Gasteiger partial charge on any atom is -0.374 e. The van der Waals surface area contributed by atoms with Gasteiger partial charge in [-0.3, -0.25) is 9.55 Å². The molecule has 7 nitrogen and oxygen atoms in total. The summed E-state index contributed by atoms with van der Waals surface area (Å²) < 4.78 is 3.09. The van der Waals surface area contributed by atoms with Gasteiger partial charge in [0.25, 0.3) is 0 Å². The van der Waals surface area contributed by atoms with Crippen LogP contribution in [-0.4, -0.2) is 41.5 Å². The number of aromatic nitrogens is 6. The van der Waals surface area contributed by atoms with Gasteiger partial charge in [0.05, 0.1) is 6.04 Å². The molecule has 4 heterocycles. The van der Waals surface area contributed by atoms with Gasteiger partial charge in [-0.1, -0.05) is 34.9 Å². The van der Waals surface area contributed by atoms with Crippen LogP contribution in [-0.2, 0) is 0 Å². The number of rotatable bonds is 4. The van der Waals surface area contributed by atoms with Gasteiger partial charge in [-0.15, -0.1) is 20.4 Å². The second-order valence-corrected chi connectivity index (χ2v) is 7.86. The third kappa shape index (κ3) is 2.57. The van der Waals surface area contributed by atoms with Crippen molar-refractivity contribution in [1.29, 1.82) is 0 Å². The highest BCUT2D eigenvalue weighted by Gasteiger charge is 2.28. The molecule has 0 spiro atoms. The van der Waals surface area contributed by atoms with Crippen LogP contribution in [0.15, 0.2) is 34.0 Å². The van der Waals surface area contributed by atoms with Crippen molar-refractivity contribution in [2.45, 2.75) is 15.5 Å². The molecule has 1 aliphatic rings. The molecular formula is C12H11N7S3. The van der Waals surface area contributed by atoms with Gasteiger partial charge in [-0.25, -0.2) is 0 Å². The van der Waals surface area contributed by atoms with Crippen LogP contribution >= 0.6 is 34.9 Å². The third-order valence-electron chi connectivity index (χ3n) is 3.18. The lowest BCUT2D eigenvalue weighted by Crippen LogP contribution is -2.11. The summed E-state index contributed by atoms with van der Waals surface area (Å²) in [6, 6.07) is 4.23. The molecule has 10 heteroatoms. The maximum Gasteiger partial charge on any atom is 0.203 e. The number of hydrogen-bond acceptors (Lipinski definition) is 9. The first kappa shape index (κ1) is 14.0. The minimum absolute atomic E-state index is 0.320. The first-order valence-electron chi connectivity index (χ1n) is 6.51. The Hall–Kier alpha value is -1.65. The Morgan fingerprint density at radius 3 is 3.05 bits per heavy atom. The van der Waals surface area contributed by atoms with Crippen LogP contribution in [0, 0.1) is 0 Å². The van der Waals surface area contributed by atoms with Crippen molar-refractivity contribution in [2.75, 3.05) is 17.2 Å². The fourth-order valence-electron chi connectivity index (χ4n) is 2.21. The van der Waals surface area contributed by atoms with E-state index in [1.54, 1.807) is 29.7 Å². The van der Waals surface area contributed by atoms with Crippen LogP contribution in [0.4, 0.5) is 5.13 Å². The Balaban J connectivity index is 1.58. The topological polar surface area (TPSA) is 95.4 Å². The summed E-state index contributed by atoms with van der Waals surface area (Å²) in [6.07, 6.45) is 3.57. The predicted octanol–water partition coefficient (Wildman–Crippen LogP) is 2.21. The van der Waals surface area contributed by atoms with Crippen molar-refractivity contribution >= 4 is 40.0 Å². The lowest BCUT2D eigenvalue weighted by molar-refractivity contribution is 0.597. The van der Waals surface area contributed by atoms with E-state index >= 15 is 0 Å². The third-order valence-corrected chi connectivity index (χ3v) is 6.29. The molecule has 1 aliphatic heterocycles. The molecule has 1 unspecified atom stereocenters. The largest absolute Gasteiger partial charge is 0.374 e. The molecule has 0 radical (unpaired) electrons. The molecule has 0 saturated carbocycles. The number of thioether (sulfide) groups is 2. The summed E-state index contributed by atoms with van der Waals surface area (Å²) >= 11 is 4.82. The van der Waals surface area contributed by atoms with Gasteiger partial charge in [-0.05, 0) is 12.1 Å². The first-order chi connectivity index (χ1) is 10.8. The van der Waals surface area contributed by atoms with E-state index in [-0.39, 0.29) is 0 Å². The van der Waals surface area contributed by atoms with E-state index in [1.165, 1.54) is 11.3 Å². The van der Waals surface area contributed by atoms with Crippen LogP contribution in [0.5, 0.6) is 0 Å². The standard InChI is InChI=1S/C12H11N7S3/c13-10-16-18-12(22-10)21-6-8-5-20-11-17-15-9(19(8)11)7-2-1-3-14-4-7/h1-4,8H,5-6H2,(H2,13,16). The van der Waals surface area contributed by atoms with Crippen LogP contribution in [0.1, 0.15) is 6.04 Å². The maximum absolute atomic E-state index is 5.62. The minimum atomic E-state index is 0.320. The van der Waals surface area contributed by atoms with Crippen molar-refractivity contribution in [3.05, 3.63) is 24.5 Å². The van der Waals surface area contributed by atoms with Gasteiger partial charge in [0.1, 0.15) is 0 Å². The molecule has 3 aromatic heterocycles. The van der Waals surface area contributed by atoms with E-state index in [4.69, 9.17) is 5.73 Å². The molecule has 0 amide bonds. The normalized spacial score (nSPS) is 16.8. The molecular weight excluding hydrogens is 338 g/mol. The van der Waals surface area contributed by atoms with E-state index in [2.05, 4.69) is 29.9 Å². The first-order valence-corrected chi connectivity index (χ1v) is 9.30. The monoisotopic (exact) mass is 349 g/mol. The lowest BCUT2D eigenvalue weighted by atomic mass is 10.2. The molecule has 1 atom stereocenters. The molecule has 3 aromatic rings. The summed E-state index contributed by atoms with van der Waals surface area (Å²) in [5.41, 5.74) is 6.60. The summed E-state index contributed by atoms with van der Waals surface area (Å²) in [4.78, 5) is 4.16. The average Bonchev–Trinajstić information content (AvgIpc) is 3.23. The van der Waals surface area contributed by atoms with Crippen LogP contribution in [0.2, 0.25) is 0 Å². The van der Waals surface area contributed by atoms with E-state index in [9.17, 15) is 0 Å². The van der Waals surface area contributed by atoms with E-state index < -0.39 is 0 Å². The van der Waals surface area contributed by atoms with E-state index in [0.29, 0.717) is 11.2 Å². The molecule has 2 N–H and O–H groups in total. The fraction of sp³-hybridized carbons (Fsp3) is 0.250. The predicted molar refractivity (Wildman–Crippen MR) is 88.1 cm³/mol. The van der Waals surface area contributed by atoms with E-state index in [0.717, 1.165) is 32.4 Å². The fourth-order valence-corrected chi connectivity index (χ4v) is 5.18. The average molecular weight is 349 g/mol. The number of nitrogens with zero attached hydrogens (tertiary/aromatic N) is 6. The van der Waals surface area contributed by atoms with Gasteiger partial charge in [0.2, 0.25) is 5.13 Å². The molecule has 4 rings (SSSR count). The van der Waals surface area contributed by atoms with Crippen LogP contribution in [0.3, 0.4) is 0 Å². The van der Waals surface area contributed by atoms with E-state index in [1.807, 2.05) is 18.3 Å². The quantitative estimate of drug-likeness (QED) is 0.716. The Kier molecular flexibility index (Phi) is 3.72. The van der Waals surface area contributed by atoms with Crippen molar-refractivity contribution in [3.8, 4) is 11.4 Å². The summed E-state index contributed by atoms with van der Waals surface area (Å²) in [5.74, 6) is 2.75. The smallest absolute Gasteiger partial charge is 0.203 e. The lowest BCUT2D eigenvalue weighted by Gasteiger charge is -2.13. The highest BCUT2D eigenvalue weighted by Crippen LogP contribution is 2.39. The summed E-state index contributed by atoms with van der Waals surface area (Å²) in [6.45, 7) is 0. The van der Waals surface area contributed by atoms with Gasteiger partial charge in [0.15, 0.2) is 15.3 Å². The zero-order valence-corrected chi connectivity index (χ0v) is 13.7. The number of pyridine rings is 1.